The number of nitrogens with two attached hydrogens (primary N) is 1. The van der Waals surface area contributed by atoms with Gasteiger partial charge in [-0.1, -0.05) is 12.1 Å². The highest BCUT2D eigenvalue weighted by molar-refractivity contribution is 5.68. The van der Waals surface area contributed by atoms with Crippen LogP contribution in [0.3, 0.4) is 0 Å². The zero-order valence-electron chi connectivity index (χ0n) is 14.9. The Morgan fingerprint density at radius 3 is 2.64 bits per heavy atom. The Kier molecular flexibility index (Phi) is 6.22. The van der Waals surface area contributed by atoms with Gasteiger partial charge in [-0.05, 0) is 51.5 Å². The van der Waals surface area contributed by atoms with Gasteiger partial charge in [0.15, 0.2) is 0 Å². The number of pyridine rings is 1. The zero-order chi connectivity index (χ0) is 18.3. The summed E-state index contributed by atoms with van der Waals surface area (Å²) >= 11 is 0. The van der Waals surface area contributed by atoms with E-state index in [2.05, 4.69) is 10.3 Å². The van der Waals surface area contributed by atoms with E-state index in [1.807, 2.05) is 57.2 Å². The van der Waals surface area contributed by atoms with Crippen molar-refractivity contribution in [3.63, 3.8) is 0 Å². The van der Waals surface area contributed by atoms with Crippen LogP contribution in [0.25, 0.3) is 11.3 Å². The molecule has 0 spiro atoms. The lowest BCUT2D eigenvalue weighted by Gasteiger charge is -2.19. The maximum absolute atomic E-state index is 11.6. The fourth-order valence-electron chi connectivity index (χ4n) is 2.13. The monoisotopic (exact) mass is 343 g/mol. The standard InChI is InChI=1S/C19H25N3O3/c1-19(2,3)25-18(23)21-11-6-12-24-17-8-5-4-7-15(17)16-10-9-14(20)13-22-16/h4-5,7-10,13H,6,11-12,20H2,1-3H3,(H,21,23). The summed E-state index contributed by atoms with van der Waals surface area (Å²) in [6, 6.07) is 11.4. The third-order valence-corrected chi connectivity index (χ3v) is 3.20. The molecular formula is C19H25N3O3. The maximum Gasteiger partial charge on any atom is 0.407 e. The van der Waals surface area contributed by atoms with Gasteiger partial charge in [0, 0.05) is 12.1 Å². The molecule has 2 aromatic rings. The van der Waals surface area contributed by atoms with Crippen molar-refractivity contribution in [3.05, 3.63) is 42.6 Å². The average molecular weight is 343 g/mol. The molecule has 0 aliphatic carbocycles. The molecule has 3 N–H and O–H groups in total. The number of ether oxygens (including phenoxy) is 2. The summed E-state index contributed by atoms with van der Waals surface area (Å²) < 4.78 is 11.0. The molecule has 0 atom stereocenters. The van der Waals surface area contributed by atoms with Gasteiger partial charge in [-0.15, -0.1) is 0 Å². The van der Waals surface area contributed by atoms with E-state index in [4.69, 9.17) is 15.2 Å². The van der Waals surface area contributed by atoms with Crippen LogP contribution in [-0.4, -0.2) is 29.8 Å². The highest BCUT2D eigenvalue weighted by atomic mass is 16.6. The summed E-state index contributed by atoms with van der Waals surface area (Å²) in [4.78, 5) is 15.9. The minimum absolute atomic E-state index is 0.418. The molecule has 0 aliphatic heterocycles. The average Bonchev–Trinajstić information content (AvgIpc) is 2.54. The van der Waals surface area contributed by atoms with Gasteiger partial charge in [0.1, 0.15) is 11.4 Å². The summed E-state index contributed by atoms with van der Waals surface area (Å²) in [5, 5.41) is 2.71. The van der Waals surface area contributed by atoms with Gasteiger partial charge in [-0.3, -0.25) is 4.98 Å². The normalized spacial score (nSPS) is 11.0. The molecule has 0 fully saturated rings. The number of anilines is 1. The van der Waals surface area contributed by atoms with Crippen molar-refractivity contribution in [2.75, 3.05) is 18.9 Å². The molecule has 134 valence electrons. The third-order valence-electron chi connectivity index (χ3n) is 3.20. The van der Waals surface area contributed by atoms with Crippen LogP contribution in [0.15, 0.2) is 42.6 Å². The minimum atomic E-state index is -0.494. The number of rotatable bonds is 6. The Balaban J connectivity index is 1.84. The summed E-state index contributed by atoms with van der Waals surface area (Å²) in [7, 11) is 0. The van der Waals surface area contributed by atoms with Crippen molar-refractivity contribution >= 4 is 11.8 Å². The summed E-state index contributed by atoms with van der Waals surface area (Å²) in [6.07, 6.45) is 1.87. The Labute approximate surface area is 148 Å². The molecule has 0 aliphatic rings. The van der Waals surface area contributed by atoms with Crippen LogP contribution >= 0.6 is 0 Å². The maximum atomic E-state index is 11.6. The first-order valence-corrected chi connectivity index (χ1v) is 8.26. The van der Waals surface area contributed by atoms with Crippen molar-refractivity contribution in [1.82, 2.24) is 10.3 Å². The fraction of sp³-hybridized carbons (Fsp3) is 0.368. The van der Waals surface area contributed by atoms with Crippen LogP contribution in [0, 0.1) is 0 Å². The number of carbonyl (C=O) groups excluding carboxylic acids is 1. The predicted molar refractivity (Wildman–Crippen MR) is 98.4 cm³/mol. The lowest BCUT2D eigenvalue weighted by molar-refractivity contribution is 0.0525. The predicted octanol–water partition coefficient (Wildman–Crippen LogP) is 3.62. The molecule has 0 saturated heterocycles. The Morgan fingerprint density at radius 2 is 1.96 bits per heavy atom. The lowest BCUT2D eigenvalue weighted by Crippen LogP contribution is -2.33. The van der Waals surface area contributed by atoms with Gasteiger partial charge < -0.3 is 20.5 Å². The molecule has 1 amide bonds. The van der Waals surface area contributed by atoms with Crippen molar-refractivity contribution < 1.29 is 14.3 Å². The number of para-hydroxylation sites is 1. The second kappa shape index (κ2) is 8.37. The number of nitrogens with one attached hydrogen (secondary N) is 1. The summed E-state index contributed by atoms with van der Waals surface area (Å²) in [6.45, 7) is 6.45. The quantitative estimate of drug-likeness (QED) is 0.782. The number of benzene rings is 1. The first kappa shape index (κ1) is 18.6. The van der Waals surface area contributed by atoms with Crippen LogP contribution in [0.5, 0.6) is 5.75 Å². The SMILES string of the molecule is CC(C)(C)OC(=O)NCCCOc1ccccc1-c1ccc(N)cn1. The highest BCUT2D eigenvalue weighted by Crippen LogP contribution is 2.28. The van der Waals surface area contributed by atoms with Crippen LogP contribution in [0.1, 0.15) is 27.2 Å². The molecule has 0 bridgehead atoms. The van der Waals surface area contributed by atoms with Crippen LogP contribution in [0.4, 0.5) is 10.5 Å². The third kappa shape index (κ3) is 6.33. The summed E-state index contributed by atoms with van der Waals surface area (Å²) in [5.41, 5.74) is 7.51. The Bertz CT molecular complexity index is 694. The molecule has 2 rings (SSSR count). The topological polar surface area (TPSA) is 86.5 Å². The summed E-state index contributed by atoms with van der Waals surface area (Å²) in [5.74, 6) is 0.747. The second-order valence-electron chi connectivity index (χ2n) is 6.60. The largest absolute Gasteiger partial charge is 0.493 e. The lowest BCUT2D eigenvalue weighted by atomic mass is 10.1. The van der Waals surface area contributed by atoms with Crippen LogP contribution < -0.4 is 15.8 Å². The number of amides is 1. The van der Waals surface area contributed by atoms with Gasteiger partial charge >= 0.3 is 6.09 Å². The molecule has 0 unspecified atom stereocenters. The van der Waals surface area contributed by atoms with E-state index in [9.17, 15) is 4.79 Å². The van der Waals surface area contributed by atoms with Gasteiger partial charge in [0.25, 0.3) is 0 Å². The van der Waals surface area contributed by atoms with Crippen LogP contribution in [-0.2, 0) is 4.74 Å². The molecule has 25 heavy (non-hydrogen) atoms. The zero-order valence-corrected chi connectivity index (χ0v) is 14.9. The van der Waals surface area contributed by atoms with E-state index in [1.54, 1.807) is 6.20 Å². The highest BCUT2D eigenvalue weighted by Gasteiger charge is 2.15. The molecule has 1 aromatic heterocycles. The number of hydrogen-bond acceptors (Lipinski definition) is 5. The molecular weight excluding hydrogens is 318 g/mol. The minimum Gasteiger partial charge on any atom is -0.493 e. The van der Waals surface area contributed by atoms with Gasteiger partial charge in [0.05, 0.1) is 24.2 Å². The number of alkyl carbamates (subject to hydrolysis) is 1. The first-order chi connectivity index (χ1) is 11.8. The van der Waals surface area contributed by atoms with Crippen LogP contribution in [0.2, 0.25) is 0 Å². The Morgan fingerprint density at radius 1 is 1.20 bits per heavy atom. The fourth-order valence-corrected chi connectivity index (χ4v) is 2.13. The number of carbonyl (C=O) groups is 1. The van der Waals surface area contributed by atoms with Crippen molar-refractivity contribution in [2.24, 2.45) is 0 Å². The molecule has 0 radical (unpaired) electrons. The van der Waals surface area contributed by atoms with Crippen molar-refractivity contribution in [3.8, 4) is 17.0 Å². The van der Waals surface area contributed by atoms with Crippen molar-refractivity contribution in [2.45, 2.75) is 32.8 Å². The van der Waals surface area contributed by atoms with E-state index in [0.717, 1.165) is 17.0 Å². The van der Waals surface area contributed by atoms with E-state index < -0.39 is 11.7 Å². The first-order valence-electron chi connectivity index (χ1n) is 8.26. The number of aromatic nitrogens is 1. The smallest absolute Gasteiger partial charge is 0.407 e. The number of nitrogen functional groups attached to an aromatic ring is 1. The van der Waals surface area contributed by atoms with E-state index in [1.165, 1.54) is 0 Å². The van der Waals surface area contributed by atoms with Gasteiger partial charge in [0.2, 0.25) is 0 Å². The number of nitrogens with zero attached hydrogens (tertiary/aromatic N) is 1. The van der Waals surface area contributed by atoms with E-state index in [0.29, 0.717) is 25.3 Å². The molecule has 6 nitrogen and oxygen atoms in total. The molecule has 0 saturated carbocycles. The molecule has 1 aromatic carbocycles. The molecule has 1 heterocycles. The number of hydrogen-bond donors (Lipinski definition) is 2. The van der Waals surface area contributed by atoms with Gasteiger partial charge in [-0.25, -0.2) is 4.79 Å². The van der Waals surface area contributed by atoms with Gasteiger partial charge in [-0.2, -0.15) is 0 Å². The Hall–Kier alpha value is -2.76. The van der Waals surface area contributed by atoms with E-state index >= 15 is 0 Å². The van der Waals surface area contributed by atoms with Crippen molar-refractivity contribution in [1.29, 1.82) is 0 Å². The molecule has 6 heteroatoms. The second-order valence-corrected chi connectivity index (χ2v) is 6.60. The van der Waals surface area contributed by atoms with E-state index in [-0.39, 0.29) is 0 Å².